The van der Waals surface area contributed by atoms with Crippen molar-refractivity contribution in [3.05, 3.63) is 16.1 Å². The monoisotopic (exact) mass is 256 g/mol. The van der Waals surface area contributed by atoms with Crippen molar-refractivity contribution in [2.75, 3.05) is 13.1 Å². The molecule has 1 saturated heterocycles. The van der Waals surface area contributed by atoms with E-state index in [4.69, 9.17) is 5.11 Å². The minimum Gasteiger partial charge on any atom is -0.476 e. The van der Waals surface area contributed by atoms with Crippen molar-refractivity contribution >= 4 is 23.2 Å². The van der Waals surface area contributed by atoms with E-state index in [1.807, 2.05) is 0 Å². The molecule has 2 heterocycles. The Kier molecular flexibility index (Phi) is 3.39. The van der Waals surface area contributed by atoms with Crippen LogP contribution in [0.4, 0.5) is 0 Å². The molecule has 1 fully saturated rings. The number of aliphatic hydroxyl groups is 1. The predicted molar refractivity (Wildman–Crippen MR) is 60.2 cm³/mol. The zero-order chi connectivity index (χ0) is 12.4. The lowest BCUT2D eigenvalue weighted by Crippen LogP contribution is -2.40. The summed E-state index contributed by atoms with van der Waals surface area (Å²) in [6.07, 6.45) is 0.774. The molecule has 6 nitrogen and oxygen atoms in total. The summed E-state index contributed by atoms with van der Waals surface area (Å²) in [7, 11) is 0. The topological polar surface area (TPSA) is 90.7 Å². The maximum atomic E-state index is 11.9. The normalized spacial score (nSPS) is 17.1. The molecule has 1 aromatic heterocycles. The Morgan fingerprint density at radius 3 is 2.59 bits per heavy atom. The molecule has 92 valence electrons. The van der Waals surface area contributed by atoms with Crippen molar-refractivity contribution in [2.45, 2.75) is 18.9 Å². The van der Waals surface area contributed by atoms with E-state index < -0.39 is 5.97 Å². The maximum absolute atomic E-state index is 11.9. The SMILES string of the molecule is O=C(O)c1csc(C(=O)N2CCC(O)CC2)n1. The van der Waals surface area contributed by atoms with E-state index in [0.717, 1.165) is 11.3 Å². The smallest absolute Gasteiger partial charge is 0.355 e. The van der Waals surface area contributed by atoms with Crippen LogP contribution in [0.2, 0.25) is 0 Å². The van der Waals surface area contributed by atoms with Crippen LogP contribution in [0.1, 0.15) is 33.1 Å². The summed E-state index contributed by atoms with van der Waals surface area (Å²) in [5, 5.41) is 19.6. The van der Waals surface area contributed by atoms with E-state index in [-0.39, 0.29) is 22.7 Å². The number of amides is 1. The first kappa shape index (κ1) is 12.0. The number of rotatable bonds is 2. The summed E-state index contributed by atoms with van der Waals surface area (Å²) in [6.45, 7) is 0.976. The van der Waals surface area contributed by atoms with Gasteiger partial charge in [-0.05, 0) is 12.8 Å². The van der Waals surface area contributed by atoms with Crippen molar-refractivity contribution in [2.24, 2.45) is 0 Å². The standard InChI is InChI=1S/C10H12N2O4S/c13-6-1-3-12(4-2-6)9(14)8-11-7(5-17-8)10(15)16/h5-6,13H,1-4H2,(H,15,16). The second-order valence-corrected chi connectivity index (χ2v) is 4.72. The van der Waals surface area contributed by atoms with Crippen LogP contribution in [0, 0.1) is 0 Å². The molecule has 1 aliphatic rings. The van der Waals surface area contributed by atoms with Crippen LogP contribution >= 0.6 is 11.3 Å². The quantitative estimate of drug-likeness (QED) is 0.801. The third-order valence-electron chi connectivity index (χ3n) is 2.66. The lowest BCUT2D eigenvalue weighted by atomic mass is 10.1. The van der Waals surface area contributed by atoms with Crippen LogP contribution in [0.5, 0.6) is 0 Å². The fourth-order valence-electron chi connectivity index (χ4n) is 1.67. The number of carbonyl (C=O) groups excluding carboxylic acids is 1. The number of carbonyl (C=O) groups is 2. The number of nitrogens with zero attached hydrogens (tertiary/aromatic N) is 2. The van der Waals surface area contributed by atoms with Gasteiger partial charge >= 0.3 is 5.97 Å². The van der Waals surface area contributed by atoms with Crippen molar-refractivity contribution < 1.29 is 19.8 Å². The molecule has 0 bridgehead atoms. The summed E-state index contributed by atoms with van der Waals surface area (Å²) in [5.74, 6) is -1.39. The van der Waals surface area contributed by atoms with Gasteiger partial charge in [-0.15, -0.1) is 11.3 Å². The van der Waals surface area contributed by atoms with E-state index in [1.54, 1.807) is 4.90 Å². The fourth-order valence-corrected chi connectivity index (χ4v) is 2.43. The number of carboxylic acids is 1. The molecule has 0 unspecified atom stereocenters. The molecule has 1 aromatic rings. The molecule has 0 radical (unpaired) electrons. The van der Waals surface area contributed by atoms with Crippen LogP contribution in [-0.4, -0.2) is 51.2 Å². The summed E-state index contributed by atoms with van der Waals surface area (Å²) in [5.41, 5.74) is -0.101. The van der Waals surface area contributed by atoms with E-state index in [2.05, 4.69) is 4.98 Å². The van der Waals surface area contributed by atoms with Crippen molar-refractivity contribution in [3.63, 3.8) is 0 Å². The number of aliphatic hydroxyl groups excluding tert-OH is 1. The molecule has 2 N–H and O–H groups in total. The van der Waals surface area contributed by atoms with Crippen LogP contribution in [0.25, 0.3) is 0 Å². The van der Waals surface area contributed by atoms with Gasteiger partial charge in [0, 0.05) is 18.5 Å². The zero-order valence-electron chi connectivity index (χ0n) is 9.00. The lowest BCUT2D eigenvalue weighted by molar-refractivity contribution is 0.0546. The van der Waals surface area contributed by atoms with Crippen molar-refractivity contribution in [1.29, 1.82) is 0 Å². The highest BCUT2D eigenvalue weighted by Crippen LogP contribution is 2.16. The summed E-state index contributed by atoms with van der Waals surface area (Å²) < 4.78 is 0. The van der Waals surface area contributed by atoms with Gasteiger partial charge in [-0.2, -0.15) is 0 Å². The molecular formula is C10H12N2O4S. The summed E-state index contributed by atoms with van der Waals surface area (Å²) in [4.78, 5) is 27.9. The number of hydrogen-bond donors (Lipinski definition) is 2. The molecular weight excluding hydrogens is 244 g/mol. The van der Waals surface area contributed by atoms with Gasteiger partial charge < -0.3 is 15.1 Å². The van der Waals surface area contributed by atoms with Gasteiger partial charge in [0.2, 0.25) is 0 Å². The average molecular weight is 256 g/mol. The van der Waals surface area contributed by atoms with E-state index in [1.165, 1.54) is 5.38 Å². The molecule has 0 aliphatic carbocycles. The number of thiazole rings is 1. The van der Waals surface area contributed by atoms with Gasteiger partial charge in [-0.3, -0.25) is 4.79 Å². The molecule has 1 aliphatic heterocycles. The molecule has 0 spiro atoms. The Bertz CT molecular complexity index is 437. The first-order valence-electron chi connectivity index (χ1n) is 5.24. The molecule has 17 heavy (non-hydrogen) atoms. The fraction of sp³-hybridized carbons (Fsp3) is 0.500. The van der Waals surface area contributed by atoms with Crippen LogP contribution in [-0.2, 0) is 0 Å². The minimum absolute atomic E-state index is 0.101. The third-order valence-corrected chi connectivity index (χ3v) is 3.49. The highest BCUT2D eigenvalue weighted by Gasteiger charge is 2.24. The summed E-state index contributed by atoms with van der Waals surface area (Å²) >= 11 is 1.03. The molecule has 0 atom stereocenters. The number of hydrogen-bond acceptors (Lipinski definition) is 5. The van der Waals surface area contributed by atoms with Crippen LogP contribution in [0.3, 0.4) is 0 Å². The predicted octanol–water partition coefficient (Wildman–Crippen LogP) is 0.438. The van der Waals surface area contributed by atoms with E-state index in [9.17, 15) is 14.7 Å². The number of carboxylic acid groups (broad SMARTS) is 1. The van der Waals surface area contributed by atoms with Gasteiger partial charge in [0.25, 0.3) is 5.91 Å². The molecule has 1 amide bonds. The Balaban J connectivity index is 2.06. The van der Waals surface area contributed by atoms with Gasteiger partial charge in [-0.1, -0.05) is 0 Å². The van der Waals surface area contributed by atoms with Gasteiger partial charge in [0.15, 0.2) is 10.7 Å². The second kappa shape index (κ2) is 4.80. The summed E-state index contributed by atoms with van der Waals surface area (Å²) in [6, 6.07) is 0. The van der Waals surface area contributed by atoms with Gasteiger partial charge in [-0.25, -0.2) is 9.78 Å². The Morgan fingerprint density at radius 2 is 2.06 bits per heavy atom. The maximum Gasteiger partial charge on any atom is 0.355 e. The van der Waals surface area contributed by atoms with Gasteiger partial charge in [0.1, 0.15) is 0 Å². The third kappa shape index (κ3) is 2.62. The Hall–Kier alpha value is -1.47. The number of aromatic carboxylic acids is 1. The Labute approximate surface area is 102 Å². The highest BCUT2D eigenvalue weighted by atomic mass is 32.1. The zero-order valence-corrected chi connectivity index (χ0v) is 9.81. The van der Waals surface area contributed by atoms with E-state index in [0.29, 0.717) is 25.9 Å². The first-order valence-corrected chi connectivity index (χ1v) is 6.12. The van der Waals surface area contributed by atoms with Crippen LogP contribution in [0.15, 0.2) is 5.38 Å². The van der Waals surface area contributed by atoms with Crippen molar-refractivity contribution in [3.8, 4) is 0 Å². The van der Waals surface area contributed by atoms with E-state index >= 15 is 0 Å². The molecule has 7 heteroatoms. The Morgan fingerprint density at radius 1 is 1.41 bits per heavy atom. The molecule has 2 rings (SSSR count). The number of aromatic nitrogens is 1. The molecule has 0 aromatic carbocycles. The van der Waals surface area contributed by atoms with Crippen LogP contribution < -0.4 is 0 Å². The molecule has 0 saturated carbocycles. The second-order valence-electron chi connectivity index (χ2n) is 3.87. The number of piperidine rings is 1. The van der Waals surface area contributed by atoms with Crippen molar-refractivity contribution in [1.82, 2.24) is 9.88 Å². The average Bonchev–Trinajstić information content (AvgIpc) is 2.78. The minimum atomic E-state index is -1.13. The largest absolute Gasteiger partial charge is 0.476 e. The highest BCUT2D eigenvalue weighted by molar-refractivity contribution is 7.11. The number of likely N-dealkylation sites (tertiary alicyclic amines) is 1. The van der Waals surface area contributed by atoms with Gasteiger partial charge in [0.05, 0.1) is 6.10 Å². The first-order chi connectivity index (χ1) is 8.08. The lowest BCUT2D eigenvalue weighted by Gasteiger charge is -2.28.